The van der Waals surface area contributed by atoms with Crippen LogP contribution in [0.25, 0.3) is 0 Å². The van der Waals surface area contributed by atoms with Gasteiger partial charge in [0.1, 0.15) is 5.82 Å². The quantitative estimate of drug-likeness (QED) is 0.544. The molecule has 31 heavy (non-hydrogen) atoms. The van der Waals surface area contributed by atoms with E-state index < -0.39 is 0 Å². The van der Waals surface area contributed by atoms with Crippen LogP contribution in [0, 0.1) is 5.82 Å². The Labute approximate surface area is 182 Å². The third-order valence-electron chi connectivity index (χ3n) is 5.18. The number of rotatable bonds is 9. The summed E-state index contributed by atoms with van der Waals surface area (Å²) in [5.41, 5.74) is 2.55. The molecule has 5 heteroatoms. The lowest BCUT2D eigenvalue weighted by molar-refractivity contribution is -0.121. The van der Waals surface area contributed by atoms with Crippen LogP contribution in [0.2, 0.25) is 0 Å². The lowest BCUT2D eigenvalue weighted by atomic mass is 10.1. The van der Waals surface area contributed by atoms with E-state index in [9.17, 15) is 14.0 Å². The molecule has 0 aliphatic heterocycles. The molecule has 0 fully saturated rings. The van der Waals surface area contributed by atoms with Gasteiger partial charge < -0.3 is 10.2 Å². The molecule has 0 aliphatic rings. The molecule has 1 N–H and O–H groups in total. The minimum Gasteiger partial charge on any atom is -0.350 e. The number of hydrogen-bond acceptors (Lipinski definition) is 2. The van der Waals surface area contributed by atoms with E-state index in [4.69, 9.17) is 0 Å². The molecule has 3 aromatic rings. The molecule has 0 saturated heterocycles. The summed E-state index contributed by atoms with van der Waals surface area (Å²) in [5.74, 6) is -0.713. The Kier molecular flexibility index (Phi) is 7.93. The lowest BCUT2D eigenvalue weighted by Gasteiger charge is -2.23. The van der Waals surface area contributed by atoms with Crippen molar-refractivity contribution < 1.29 is 14.0 Å². The fourth-order valence-electron chi connectivity index (χ4n) is 3.37. The molecule has 0 spiro atoms. The number of hydrogen-bond donors (Lipinski definition) is 1. The number of nitrogens with zero attached hydrogens (tertiary/aromatic N) is 1. The van der Waals surface area contributed by atoms with E-state index in [1.54, 1.807) is 4.90 Å². The Morgan fingerprint density at radius 3 is 2.13 bits per heavy atom. The number of carbonyl (C=O) groups is 2. The molecule has 4 nitrogen and oxygen atoms in total. The van der Waals surface area contributed by atoms with Gasteiger partial charge in [0.25, 0.3) is 5.91 Å². The smallest absolute Gasteiger partial charge is 0.253 e. The van der Waals surface area contributed by atoms with E-state index in [2.05, 4.69) is 5.32 Å². The number of carbonyl (C=O) groups excluding carboxylic acids is 2. The maximum absolute atomic E-state index is 13.3. The van der Waals surface area contributed by atoms with Crippen LogP contribution >= 0.6 is 0 Å². The fourth-order valence-corrected chi connectivity index (χ4v) is 3.37. The van der Waals surface area contributed by atoms with Crippen LogP contribution in [0.3, 0.4) is 0 Å². The highest BCUT2D eigenvalue weighted by Gasteiger charge is 2.18. The number of amides is 2. The minimum absolute atomic E-state index is 0.112. The Bertz CT molecular complexity index is 975. The molecule has 1 atom stereocenters. The Hall–Kier alpha value is -3.47. The van der Waals surface area contributed by atoms with Gasteiger partial charge in [-0.1, -0.05) is 60.7 Å². The SMILES string of the molecule is CC(NC(=O)CCN(CCc1ccccc1)C(=O)c1ccc(F)cc1)c1ccccc1. The summed E-state index contributed by atoms with van der Waals surface area (Å²) in [6.45, 7) is 2.70. The second kappa shape index (κ2) is 11.1. The Morgan fingerprint density at radius 1 is 0.871 bits per heavy atom. The first kappa shape index (κ1) is 22.2. The number of nitrogens with one attached hydrogen (secondary N) is 1. The van der Waals surface area contributed by atoms with Crippen LogP contribution in [-0.4, -0.2) is 29.8 Å². The molecule has 0 aliphatic carbocycles. The number of benzene rings is 3. The molecule has 160 valence electrons. The average Bonchev–Trinajstić information content (AvgIpc) is 2.80. The van der Waals surface area contributed by atoms with E-state index in [-0.39, 0.29) is 36.6 Å². The molecular weight excluding hydrogens is 391 g/mol. The van der Waals surface area contributed by atoms with Gasteiger partial charge >= 0.3 is 0 Å². The van der Waals surface area contributed by atoms with Crippen LogP contribution in [0.1, 0.15) is 40.9 Å². The third kappa shape index (κ3) is 6.78. The van der Waals surface area contributed by atoms with Crippen LogP contribution in [0.15, 0.2) is 84.9 Å². The maximum atomic E-state index is 13.3. The topological polar surface area (TPSA) is 49.4 Å². The van der Waals surface area contributed by atoms with Crippen molar-refractivity contribution in [3.05, 3.63) is 107 Å². The summed E-state index contributed by atoms with van der Waals surface area (Å²) in [6.07, 6.45) is 0.870. The van der Waals surface area contributed by atoms with Crippen molar-refractivity contribution in [3.63, 3.8) is 0 Å². The van der Waals surface area contributed by atoms with Crippen LogP contribution < -0.4 is 5.32 Å². The van der Waals surface area contributed by atoms with E-state index in [1.165, 1.54) is 24.3 Å². The minimum atomic E-state index is -0.387. The monoisotopic (exact) mass is 418 g/mol. The zero-order valence-corrected chi connectivity index (χ0v) is 17.6. The standard InChI is InChI=1S/C26H27FN2O2/c1-20(22-10-6-3-7-11-22)28-25(30)17-19-29(18-16-21-8-4-2-5-9-21)26(31)23-12-14-24(27)15-13-23/h2-15,20H,16-19H2,1H3,(H,28,30). The van der Waals surface area contributed by atoms with Gasteiger partial charge in [-0.05, 0) is 48.7 Å². The highest BCUT2D eigenvalue weighted by molar-refractivity contribution is 5.94. The van der Waals surface area contributed by atoms with Gasteiger partial charge in [-0.2, -0.15) is 0 Å². The molecule has 0 aromatic heterocycles. The van der Waals surface area contributed by atoms with Gasteiger partial charge in [0, 0.05) is 25.1 Å². The van der Waals surface area contributed by atoms with Crippen molar-refractivity contribution >= 4 is 11.8 Å². The fraction of sp³-hybridized carbons (Fsp3) is 0.231. The predicted molar refractivity (Wildman–Crippen MR) is 120 cm³/mol. The van der Waals surface area contributed by atoms with Gasteiger partial charge in [0.15, 0.2) is 0 Å². The van der Waals surface area contributed by atoms with E-state index in [0.717, 1.165) is 11.1 Å². The van der Waals surface area contributed by atoms with Gasteiger partial charge in [0.2, 0.25) is 5.91 Å². The molecule has 3 rings (SSSR count). The highest BCUT2D eigenvalue weighted by atomic mass is 19.1. The first-order valence-electron chi connectivity index (χ1n) is 10.5. The zero-order chi connectivity index (χ0) is 22.1. The van der Waals surface area contributed by atoms with Gasteiger partial charge in [0.05, 0.1) is 6.04 Å². The molecule has 0 bridgehead atoms. The zero-order valence-electron chi connectivity index (χ0n) is 17.6. The van der Waals surface area contributed by atoms with Crippen molar-refractivity contribution in [3.8, 4) is 0 Å². The maximum Gasteiger partial charge on any atom is 0.253 e. The molecule has 0 heterocycles. The highest BCUT2D eigenvalue weighted by Crippen LogP contribution is 2.13. The summed E-state index contributed by atoms with van der Waals surface area (Å²) in [6, 6.07) is 25.0. The predicted octanol–water partition coefficient (Wildman–Crippen LogP) is 4.78. The van der Waals surface area contributed by atoms with Crippen molar-refractivity contribution in [2.24, 2.45) is 0 Å². The van der Waals surface area contributed by atoms with Crippen LogP contribution in [0.4, 0.5) is 4.39 Å². The van der Waals surface area contributed by atoms with E-state index in [0.29, 0.717) is 18.5 Å². The summed E-state index contributed by atoms with van der Waals surface area (Å²) >= 11 is 0. The summed E-state index contributed by atoms with van der Waals surface area (Å²) in [4.78, 5) is 27.2. The Morgan fingerprint density at radius 2 is 1.48 bits per heavy atom. The molecule has 0 radical (unpaired) electrons. The first-order chi connectivity index (χ1) is 15.0. The Balaban J connectivity index is 1.63. The van der Waals surface area contributed by atoms with Crippen LogP contribution in [0.5, 0.6) is 0 Å². The summed E-state index contributed by atoms with van der Waals surface area (Å²) in [5, 5.41) is 2.99. The van der Waals surface area contributed by atoms with Gasteiger partial charge in [-0.15, -0.1) is 0 Å². The molecule has 3 aromatic carbocycles. The van der Waals surface area contributed by atoms with Crippen molar-refractivity contribution in [2.75, 3.05) is 13.1 Å². The van der Waals surface area contributed by atoms with Gasteiger partial charge in [-0.25, -0.2) is 4.39 Å². The third-order valence-corrected chi connectivity index (χ3v) is 5.18. The largest absolute Gasteiger partial charge is 0.350 e. The van der Waals surface area contributed by atoms with Crippen molar-refractivity contribution in [1.29, 1.82) is 0 Å². The van der Waals surface area contributed by atoms with Crippen molar-refractivity contribution in [1.82, 2.24) is 10.2 Å². The summed E-state index contributed by atoms with van der Waals surface area (Å²) in [7, 11) is 0. The number of halogens is 1. The normalized spacial score (nSPS) is 11.5. The van der Waals surface area contributed by atoms with Crippen LogP contribution in [-0.2, 0) is 11.2 Å². The second-order valence-electron chi connectivity index (χ2n) is 7.48. The molecule has 1 unspecified atom stereocenters. The molecule has 0 saturated carbocycles. The van der Waals surface area contributed by atoms with Gasteiger partial charge in [-0.3, -0.25) is 9.59 Å². The van der Waals surface area contributed by atoms with E-state index >= 15 is 0 Å². The molecule has 2 amide bonds. The second-order valence-corrected chi connectivity index (χ2v) is 7.48. The van der Waals surface area contributed by atoms with Crippen molar-refractivity contribution in [2.45, 2.75) is 25.8 Å². The van der Waals surface area contributed by atoms with E-state index in [1.807, 2.05) is 67.6 Å². The summed E-state index contributed by atoms with van der Waals surface area (Å²) < 4.78 is 13.3. The lowest BCUT2D eigenvalue weighted by Crippen LogP contribution is -2.37. The average molecular weight is 419 g/mol. The first-order valence-corrected chi connectivity index (χ1v) is 10.5. The molecular formula is C26H27FN2O2.